The molecule has 1 unspecified atom stereocenters. The minimum absolute atomic E-state index is 0.145. The molecule has 2 aromatic carbocycles. The van der Waals surface area contributed by atoms with Gasteiger partial charge in [-0.05, 0) is 24.1 Å². The summed E-state index contributed by atoms with van der Waals surface area (Å²) in [6, 6.07) is 12.2. The molecule has 6 heteroatoms. The molecule has 1 heterocycles. The topological polar surface area (TPSA) is 50.9 Å². The molecule has 0 radical (unpaired) electrons. The van der Waals surface area contributed by atoms with Gasteiger partial charge in [0.05, 0.1) is 0 Å². The van der Waals surface area contributed by atoms with Crippen LogP contribution in [0.25, 0.3) is 11.4 Å². The Morgan fingerprint density at radius 1 is 1.25 bits per heavy atom. The second-order valence-corrected chi connectivity index (χ2v) is 5.91. The Labute approximate surface area is 144 Å². The smallest absolute Gasteiger partial charge is 0.181 e. The van der Waals surface area contributed by atoms with Crippen LogP contribution in [0.2, 0.25) is 5.02 Å². The molecule has 0 aliphatic carbocycles. The van der Waals surface area contributed by atoms with Gasteiger partial charge in [0, 0.05) is 23.2 Å². The Kier molecular flexibility index (Phi) is 4.64. The second-order valence-electron chi connectivity index (χ2n) is 5.50. The fourth-order valence-electron chi connectivity index (χ4n) is 2.58. The predicted octanol–water partition coefficient (Wildman–Crippen LogP) is 3.92. The van der Waals surface area contributed by atoms with Gasteiger partial charge in [-0.15, -0.1) is 0 Å². The highest BCUT2D eigenvalue weighted by Crippen LogP contribution is 2.29. The van der Waals surface area contributed by atoms with E-state index < -0.39 is 11.9 Å². The van der Waals surface area contributed by atoms with E-state index in [4.69, 9.17) is 11.6 Å². The molecule has 0 aliphatic heterocycles. The van der Waals surface area contributed by atoms with Gasteiger partial charge in [0.25, 0.3) is 0 Å². The molecule has 0 spiro atoms. The van der Waals surface area contributed by atoms with E-state index in [9.17, 15) is 9.50 Å². The van der Waals surface area contributed by atoms with Crippen molar-refractivity contribution in [3.8, 4) is 11.4 Å². The highest BCUT2D eigenvalue weighted by molar-refractivity contribution is 6.31. The fraction of sp³-hybridized carbons (Fsp3) is 0.222. The molecule has 3 rings (SSSR count). The molecular weight excluding hydrogens is 329 g/mol. The molecule has 24 heavy (non-hydrogen) atoms. The molecular formula is C18H17ClFN3O. The lowest BCUT2D eigenvalue weighted by Crippen LogP contribution is -2.10. The van der Waals surface area contributed by atoms with Crippen LogP contribution >= 0.6 is 11.6 Å². The van der Waals surface area contributed by atoms with Crippen molar-refractivity contribution in [2.45, 2.75) is 19.4 Å². The molecule has 4 nitrogen and oxygen atoms in total. The Hall–Kier alpha value is -2.24. The van der Waals surface area contributed by atoms with Crippen LogP contribution in [0, 0.1) is 5.82 Å². The van der Waals surface area contributed by atoms with Gasteiger partial charge < -0.3 is 5.11 Å². The Morgan fingerprint density at radius 3 is 2.62 bits per heavy atom. The lowest BCUT2D eigenvalue weighted by atomic mass is 10.0. The molecule has 1 atom stereocenters. The zero-order chi connectivity index (χ0) is 17.3. The molecule has 0 bridgehead atoms. The van der Waals surface area contributed by atoms with Crippen molar-refractivity contribution in [1.82, 2.24) is 14.8 Å². The van der Waals surface area contributed by atoms with Crippen molar-refractivity contribution >= 4 is 11.6 Å². The number of aromatic nitrogens is 3. The summed E-state index contributed by atoms with van der Waals surface area (Å²) in [6.45, 7) is 1.92. The van der Waals surface area contributed by atoms with E-state index >= 15 is 0 Å². The molecule has 1 aromatic heterocycles. The number of nitrogens with zero attached hydrogens (tertiary/aromatic N) is 3. The number of halogens is 2. The molecule has 0 fully saturated rings. The third kappa shape index (κ3) is 3.05. The summed E-state index contributed by atoms with van der Waals surface area (Å²) in [5.74, 6) is 0.198. The summed E-state index contributed by atoms with van der Waals surface area (Å²) in [6.07, 6.45) is -0.574. The van der Waals surface area contributed by atoms with Crippen LogP contribution < -0.4 is 0 Å². The predicted molar refractivity (Wildman–Crippen MR) is 91.3 cm³/mol. The van der Waals surface area contributed by atoms with Gasteiger partial charge >= 0.3 is 0 Å². The maximum atomic E-state index is 14.3. The van der Waals surface area contributed by atoms with Crippen molar-refractivity contribution in [3.63, 3.8) is 0 Å². The van der Waals surface area contributed by atoms with Crippen LogP contribution in [0.15, 0.2) is 42.5 Å². The van der Waals surface area contributed by atoms with E-state index in [0.29, 0.717) is 17.3 Å². The Bertz CT molecular complexity index is 864. The Balaban J connectivity index is 2.02. The third-order valence-corrected chi connectivity index (χ3v) is 4.27. The van der Waals surface area contributed by atoms with Crippen molar-refractivity contribution in [2.75, 3.05) is 0 Å². The fourth-order valence-corrected chi connectivity index (χ4v) is 2.86. The number of aliphatic hydroxyl groups excluding tert-OH is 1. The number of aryl methyl sites for hydroxylation is 2. The molecule has 0 amide bonds. The largest absolute Gasteiger partial charge is 0.380 e. The van der Waals surface area contributed by atoms with Gasteiger partial charge in [-0.3, -0.25) is 0 Å². The van der Waals surface area contributed by atoms with Crippen LogP contribution in [0.4, 0.5) is 4.39 Å². The first kappa shape index (κ1) is 16.6. The van der Waals surface area contributed by atoms with Crippen LogP contribution in [0.5, 0.6) is 0 Å². The molecule has 124 valence electrons. The molecule has 0 saturated heterocycles. The summed E-state index contributed by atoms with van der Waals surface area (Å²) in [5.41, 5.74) is 1.75. The van der Waals surface area contributed by atoms with Gasteiger partial charge in [0.1, 0.15) is 11.9 Å². The molecule has 1 N–H and O–H groups in total. The first-order valence-electron chi connectivity index (χ1n) is 7.63. The number of aliphatic hydroxyl groups is 1. The average molecular weight is 346 g/mol. The van der Waals surface area contributed by atoms with E-state index in [2.05, 4.69) is 10.1 Å². The van der Waals surface area contributed by atoms with Crippen LogP contribution in [-0.4, -0.2) is 19.9 Å². The first-order valence-corrected chi connectivity index (χ1v) is 8.01. The lowest BCUT2D eigenvalue weighted by molar-refractivity contribution is 0.199. The zero-order valence-corrected chi connectivity index (χ0v) is 14.1. The highest BCUT2D eigenvalue weighted by Gasteiger charge is 2.23. The standard InChI is InChI=1S/C18H17ClFN3O/c1-3-11-9-13(15(20)10-14(11)19)16(24)18-21-17(22-23(18)2)12-7-5-4-6-8-12/h4-10,16,24H,3H2,1-2H3. The van der Waals surface area contributed by atoms with Crippen LogP contribution in [-0.2, 0) is 13.5 Å². The van der Waals surface area contributed by atoms with Gasteiger partial charge in [-0.1, -0.05) is 48.9 Å². The lowest BCUT2D eigenvalue weighted by Gasteiger charge is -2.13. The summed E-state index contributed by atoms with van der Waals surface area (Å²) < 4.78 is 15.7. The highest BCUT2D eigenvalue weighted by atomic mass is 35.5. The summed E-state index contributed by atoms with van der Waals surface area (Å²) >= 11 is 6.01. The number of hydrogen-bond donors (Lipinski definition) is 1. The normalized spacial score (nSPS) is 12.4. The summed E-state index contributed by atoms with van der Waals surface area (Å²) in [7, 11) is 1.67. The van der Waals surface area contributed by atoms with E-state index in [0.717, 1.165) is 11.1 Å². The van der Waals surface area contributed by atoms with E-state index in [1.54, 1.807) is 13.1 Å². The Morgan fingerprint density at radius 2 is 1.96 bits per heavy atom. The van der Waals surface area contributed by atoms with E-state index in [1.807, 2.05) is 37.3 Å². The molecule has 0 aliphatic rings. The van der Waals surface area contributed by atoms with Crippen LogP contribution in [0.1, 0.15) is 30.0 Å². The van der Waals surface area contributed by atoms with Gasteiger partial charge in [0.2, 0.25) is 0 Å². The van der Waals surface area contributed by atoms with Crippen molar-refractivity contribution in [3.05, 3.63) is 70.3 Å². The van der Waals surface area contributed by atoms with Gasteiger partial charge in [0.15, 0.2) is 11.6 Å². The molecule has 0 saturated carbocycles. The molecule has 3 aromatic rings. The van der Waals surface area contributed by atoms with E-state index in [-0.39, 0.29) is 11.4 Å². The summed E-state index contributed by atoms with van der Waals surface area (Å²) in [4.78, 5) is 4.38. The SMILES string of the molecule is CCc1cc(C(O)c2nc(-c3ccccc3)nn2C)c(F)cc1Cl. The minimum atomic E-state index is -1.22. The minimum Gasteiger partial charge on any atom is -0.380 e. The van der Waals surface area contributed by atoms with Crippen molar-refractivity contribution in [2.24, 2.45) is 7.05 Å². The number of benzene rings is 2. The van der Waals surface area contributed by atoms with Crippen LogP contribution in [0.3, 0.4) is 0 Å². The van der Waals surface area contributed by atoms with Crippen molar-refractivity contribution < 1.29 is 9.50 Å². The number of rotatable bonds is 4. The summed E-state index contributed by atoms with van der Waals surface area (Å²) in [5, 5.41) is 15.3. The zero-order valence-electron chi connectivity index (χ0n) is 13.4. The van der Waals surface area contributed by atoms with Gasteiger partial charge in [-0.25, -0.2) is 14.1 Å². The first-order chi connectivity index (χ1) is 11.5. The maximum absolute atomic E-state index is 14.3. The second kappa shape index (κ2) is 6.71. The van der Waals surface area contributed by atoms with Gasteiger partial charge in [-0.2, -0.15) is 5.10 Å². The maximum Gasteiger partial charge on any atom is 0.181 e. The third-order valence-electron chi connectivity index (χ3n) is 3.91. The number of hydrogen-bond acceptors (Lipinski definition) is 3. The quantitative estimate of drug-likeness (QED) is 0.779. The van der Waals surface area contributed by atoms with E-state index in [1.165, 1.54) is 10.7 Å². The van der Waals surface area contributed by atoms with Crippen molar-refractivity contribution in [1.29, 1.82) is 0 Å². The monoisotopic (exact) mass is 345 g/mol. The average Bonchev–Trinajstić information content (AvgIpc) is 2.97.